The molecule has 1 heterocycles. The lowest BCUT2D eigenvalue weighted by Crippen LogP contribution is -2.30. The van der Waals surface area contributed by atoms with Crippen LogP contribution in [-0.4, -0.2) is 16.2 Å². The Morgan fingerprint density at radius 2 is 1.88 bits per heavy atom. The molecule has 1 N–H and O–H groups in total. The van der Waals surface area contributed by atoms with Gasteiger partial charge in [-0.15, -0.1) is 0 Å². The zero-order chi connectivity index (χ0) is 23.5. The van der Waals surface area contributed by atoms with Gasteiger partial charge in [0.1, 0.15) is 18.2 Å². The SMILES string of the molecule is Cc1c(Oc2ccc(F)cc2OCCn2ccc(=O)[nH]c2=O)cc(Cl)c2ccc(C#N)cc12. The smallest absolute Gasteiger partial charge is 0.328 e. The lowest BCUT2D eigenvalue weighted by molar-refractivity contribution is 0.281. The quantitative estimate of drug-likeness (QED) is 0.451. The molecule has 0 saturated heterocycles. The number of fused-ring (bicyclic) bond motifs is 1. The Kier molecular flexibility index (Phi) is 6.16. The predicted octanol–water partition coefficient (Wildman–Crippen LogP) is 4.53. The van der Waals surface area contributed by atoms with Gasteiger partial charge in [0.2, 0.25) is 0 Å². The third kappa shape index (κ3) is 4.73. The van der Waals surface area contributed by atoms with E-state index in [2.05, 4.69) is 11.1 Å². The molecule has 4 rings (SSSR count). The van der Waals surface area contributed by atoms with Crippen molar-refractivity contribution in [1.29, 1.82) is 5.26 Å². The average molecular weight is 466 g/mol. The van der Waals surface area contributed by atoms with Crippen LogP contribution in [0.1, 0.15) is 11.1 Å². The summed E-state index contributed by atoms with van der Waals surface area (Å²) in [5, 5.41) is 11.2. The van der Waals surface area contributed by atoms with Gasteiger partial charge in [-0.05, 0) is 42.1 Å². The zero-order valence-electron chi connectivity index (χ0n) is 17.4. The minimum absolute atomic E-state index is 0.0226. The van der Waals surface area contributed by atoms with E-state index in [1.54, 1.807) is 24.3 Å². The average Bonchev–Trinajstić information content (AvgIpc) is 2.80. The van der Waals surface area contributed by atoms with Gasteiger partial charge in [0.15, 0.2) is 11.5 Å². The molecule has 166 valence electrons. The first-order valence-electron chi connectivity index (χ1n) is 9.88. The highest BCUT2D eigenvalue weighted by Crippen LogP contribution is 2.39. The van der Waals surface area contributed by atoms with Crippen LogP contribution in [0.4, 0.5) is 4.39 Å². The van der Waals surface area contributed by atoms with Crippen LogP contribution < -0.4 is 20.7 Å². The number of rotatable bonds is 6. The Bertz CT molecular complexity index is 1520. The lowest BCUT2D eigenvalue weighted by Gasteiger charge is -2.16. The molecule has 0 atom stereocenters. The minimum Gasteiger partial charge on any atom is -0.488 e. The largest absolute Gasteiger partial charge is 0.488 e. The second-order valence-corrected chi connectivity index (χ2v) is 7.61. The van der Waals surface area contributed by atoms with Crippen molar-refractivity contribution in [3.05, 3.63) is 97.5 Å². The number of aromatic nitrogens is 2. The number of H-pyrrole nitrogens is 1. The molecule has 7 nitrogen and oxygen atoms in total. The van der Waals surface area contributed by atoms with Crippen molar-refractivity contribution >= 4 is 22.4 Å². The van der Waals surface area contributed by atoms with Gasteiger partial charge >= 0.3 is 5.69 Å². The maximum absolute atomic E-state index is 13.9. The van der Waals surface area contributed by atoms with E-state index in [-0.39, 0.29) is 24.7 Å². The first kappa shape index (κ1) is 22.1. The summed E-state index contributed by atoms with van der Waals surface area (Å²) in [5.41, 5.74) is 0.174. The maximum atomic E-state index is 13.9. The summed E-state index contributed by atoms with van der Waals surface area (Å²) in [7, 11) is 0. The number of hydrogen-bond donors (Lipinski definition) is 1. The molecule has 0 saturated carbocycles. The first-order chi connectivity index (χ1) is 15.9. The van der Waals surface area contributed by atoms with Crippen LogP contribution in [0.2, 0.25) is 5.02 Å². The van der Waals surface area contributed by atoms with E-state index < -0.39 is 17.1 Å². The van der Waals surface area contributed by atoms with E-state index >= 15 is 0 Å². The number of nitriles is 1. The van der Waals surface area contributed by atoms with Crippen molar-refractivity contribution in [2.45, 2.75) is 13.5 Å². The van der Waals surface area contributed by atoms with E-state index in [0.717, 1.165) is 16.3 Å². The van der Waals surface area contributed by atoms with Crippen LogP contribution >= 0.6 is 11.6 Å². The van der Waals surface area contributed by atoms with Gasteiger partial charge in [-0.25, -0.2) is 9.18 Å². The molecule has 0 aliphatic carbocycles. The third-order valence-electron chi connectivity index (χ3n) is 5.05. The Morgan fingerprint density at radius 1 is 1.06 bits per heavy atom. The van der Waals surface area contributed by atoms with Gasteiger partial charge in [-0.2, -0.15) is 5.26 Å². The number of nitrogens with one attached hydrogen (secondary N) is 1. The standard InChI is InChI=1S/C24H17ClFN3O4/c1-14-18-10-15(13-27)2-4-17(18)19(25)12-21(14)33-20-5-3-16(26)11-22(20)32-9-8-29-7-6-23(30)28-24(29)31/h2-7,10-12H,8-9H2,1H3,(H,28,30,31). The molecule has 0 bridgehead atoms. The fourth-order valence-electron chi connectivity index (χ4n) is 3.34. The van der Waals surface area contributed by atoms with Crippen LogP contribution in [-0.2, 0) is 6.54 Å². The molecular weight excluding hydrogens is 449 g/mol. The zero-order valence-corrected chi connectivity index (χ0v) is 18.1. The van der Waals surface area contributed by atoms with Crippen LogP contribution in [0, 0.1) is 24.1 Å². The second-order valence-electron chi connectivity index (χ2n) is 7.20. The summed E-state index contributed by atoms with van der Waals surface area (Å²) >= 11 is 6.43. The highest BCUT2D eigenvalue weighted by Gasteiger charge is 2.14. The van der Waals surface area contributed by atoms with E-state index in [1.165, 1.54) is 35.0 Å². The van der Waals surface area contributed by atoms with Crippen molar-refractivity contribution in [3.8, 4) is 23.3 Å². The second kappa shape index (κ2) is 9.18. The summed E-state index contributed by atoms with van der Waals surface area (Å²) < 4.78 is 26.9. The molecule has 0 amide bonds. The third-order valence-corrected chi connectivity index (χ3v) is 5.36. The van der Waals surface area contributed by atoms with E-state index in [4.69, 9.17) is 21.1 Å². The van der Waals surface area contributed by atoms with Crippen molar-refractivity contribution in [2.24, 2.45) is 0 Å². The molecule has 1 aromatic heterocycles. The van der Waals surface area contributed by atoms with Crippen LogP contribution in [0.15, 0.2) is 64.3 Å². The minimum atomic E-state index is -0.569. The number of halogens is 2. The Labute approximate surface area is 192 Å². The first-order valence-corrected chi connectivity index (χ1v) is 10.3. The Morgan fingerprint density at radius 3 is 2.64 bits per heavy atom. The van der Waals surface area contributed by atoms with Crippen molar-refractivity contribution < 1.29 is 13.9 Å². The lowest BCUT2D eigenvalue weighted by atomic mass is 10.0. The number of benzene rings is 3. The summed E-state index contributed by atoms with van der Waals surface area (Å²) in [6, 6.07) is 14.0. The molecule has 0 aliphatic rings. The van der Waals surface area contributed by atoms with E-state index in [1.807, 2.05) is 6.92 Å². The van der Waals surface area contributed by atoms with Crippen LogP contribution in [0.25, 0.3) is 10.8 Å². The molecule has 0 spiro atoms. The Hall–Kier alpha value is -4.09. The predicted molar refractivity (Wildman–Crippen MR) is 122 cm³/mol. The Balaban J connectivity index is 1.62. The molecule has 33 heavy (non-hydrogen) atoms. The van der Waals surface area contributed by atoms with Crippen molar-refractivity contribution in [3.63, 3.8) is 0 Å². The molecule has 0 unspecified atom stereocenters. The normalized spacial score (nSPS) is 10.7. The van der Waals surface area contributed by atoms with Gasteiger partial charge in [-0.1, -0.05) is 17.7 Å². The monoisotopic (exact) mass is 465 g/mol. The highest BCUT2D eigenvalue weighted by molar-refractivity contribution is 6.35. The summed E-state index contributed by atoms with van der Waals surface area (Å²) in [4.78, 5) is 25.1. The number of ether oxygens (including phenoxy) is 2. The van der Waals surface area contributed by atoms with E-state index in [9.17, 15) is 19.2 Å². The van der Waals surface area contributed by atoms with Gasteiger partial charge in [0.25, 0.3) is 5.56 Å². The van der Waals surface area contributed by atoms with Gasteiger partial charge in [0.05, 0.1) is 23.2 Å². The van der Waals surface area contributed by atoms with Gasteiger partial charge in [-0.3, -0.25) is 14.3 Å². The van der Waals surface area contributed by atoms with Crippen LogP contribution in [0.3, 0.4) is 0 Å². The number of nitrogens with zero attached hydrogens (tertiary/aromatic N) is 2. The topological polar surface area (TPSA) is 97.1 Å². The van der Waals surface area contributed by atoms with Crippen molar-refractivity contribution in [1.82, 2.24) is 9.55 Å². The molecule has 4 aromatic rings. The molecular formula is C24H17ClFN3O4. The molecule has 3 aromatic carbocycles. The number of aromatic amines is 1. The summed E-state index contributed by atoms with van der Waals surface area (Å²) in [6.07, 6.45) is 1.35. The molecule has 0 radical (unpaired) electrons. The van der Waals surface area contributed by atoms with E-state index in [0.29, 0.717) is 16.3 Å². The number of aryl methyl sites for hydroxylation is 1. The van der Waals surface area contributed by atoms with Crippen LogP contribution in [0.5, 0.6) is 17.2 Å². The fraction of sp³-hybridized carbons (Fsp3) is 0.125. The highest BCUT2D eigenvalue weighted by atomic mass is 35.5. The van der Waals surface area contributed by atoms with Gasteiger partial charge in [0, 0.05) is 29.8 Å². The van der Waals surface area contributed by atoms with Gasteiger partial charge < -0.3 is 9.47 Å². The van der Waals surface area contributed by atoms with Crippen molar-refractivity contribution in [2.75, 3.05) is 6.61 Å². The molecule has 0 fully saturated rings. The summed E-state index contributed by atoms with van der Waals surface area (Å²) in [5.74, 6) is 0.287. The summed E-state index contributed by atoms with van der Waals surface area (Å²) in [6.45, 7) is 1.99. The molecule has 9 heteroatoms. The maximum Gasteiger partial charge on any atom is 0.328 e. The molecule has 0 aliphatic heterocycles. The fourth-order valence-corrected chi connectivity index (χ4v) is 3.61. The number of hydrogen-bond acceptors (Lipinski definition) is 5.